The van der Waals surface area contributed by atoms with Gasteiger partial charge in [0.05, 0.1) is 11.1 Å². The number of amides is 1. The molecule has 0 aromatic heterocycles. The third-order valence-corrected chi connectivity index (χ3v) is 4.10. The highest BCUT2D eigenvalue weighted by Crippen LogP contribution is 2.37. The number of carboxylic acids is 1. The number of nitrogens with one attached hydrogen (secondary N) is 1. The van der Waals surface area contributed by atoms with Crippen LogP contribution in [0.2, 0.25) is 0 Å². The minimum absolute atomic E-state index is 0.0996. The van der Waals surface area contributed by atoms with Crippen molar-refractivity contribution in [2.24, 2.45) is 5.41 Å². The summed E-state index contributed by atoms with van der Waals surface area (Å²) in [5, 5.41) is 11.8. The third-order valence-electron chi connectivity index (χ3n) is 4.10. The average molecular weight is 297 g/mol. The lowest BCUT2D eigenvalue weighted by Crippen LogP contribution is -2.42. The highest BCUT2D eigenvalue weighted by molar-refractivity contribution is 6.04. The van der Waals surface area contributed by atoms with Crippen LogP contribution in [0.5, 0.6) is 0 Å². The van der Waals surface area contributed by atoms with Crippen molar-refractivity contribution in [2.75, 3.05) is 0 Å². The predicted octanol–water partition coefficient (Wildman–Crippen LogP) is 2.97. The van der Waals surface area contributed by atoms with E-state index in [1.807, 2.05) is 13.8 Å². The molecule has 6 heteroatoms. The van der Waals surface area contributed by atoms with E-state index in [0.717, 1.165) is 19.3 Å². The van der Waals surface area contributed by atoms with Gasteiger partial charge in [0.25, 0.3) is 5.91 Å². The van der Waals surface area contributed by atoms with Gasteiger partial charge in [0, 0.05) is 6.04 Å². The summed E-state index contributed by atoms with van der Waals surface area (Å²) in [6.07, 6.45) is 2.69. The number of hydrogen-bond donors (Lipinski definition) is 2. The molecular weight excluding hydrogens is 280 g/mol. The summed E-state index contributed by atoms with van der Waals surface area (Å²) in [6.45, 7) is 4.02. The zero-order chi connectivity index (χ0) is 15.8. The molecule has 1 amide bonds. The number of carbonyl (C=O) groups excluding carboxylic acids is 1. The van der Waals surface area contributed by atoms with Gasteiger partial charge in [0.2, 0.25) is 0 Å². The molecule has 1 aliphatic carbocycles. The van der Waals surface area contributed by atoms with Gasteiger partial charge in [-0.05, 0) is 30.4 Å². The van der Waals surface area contributed by atoms with Gasteiger partial charge >= 0.3 is 5.97 Å². The second-order valence-electron chi connectivity index (χ2n) is 6.02. The van der Waals surface area contributed by atoms with Crippen molar-refractivity contribution in [1.29, 1.82) is 0 Å². The monoisotopic (exact) mass is 297 g/mol. The lowest BCUT2D eigenvalue weighted by atomic mass is 9.87. The van der Waals surface area contributed by atoms with Crippen LogP contribution in [-0.2, 0) is 0 Å². The van der Waals surface area contributed by atoms with E-state index in [4.69, 9.17) is 5.11 Å². The Kier molecular flexibility index (Phi) is 3.98. The molecule has 114 valence electrons. The van der Waals surface area contributed by atoms with Crippen LogP contribution < -0.4 is 5.32 Å². The van der Waals surface area contributed by atoms with Crippen LogP contribution in [0.3, 0.4) is 0 Å². The first-order valence-electron chi connectivity index (χ1n) is 6.75. The van der Waals surface area contributed by atoms with Crippen molar-refractivity contribution in [1.82, 2.24) is 5.32 Å². The summed E-state index contributed by atoms with van der Waals surface area (Å²) >= 11 is 0. The largest absolute Gasteiger partial charge is 0.478 e. The lowest BCUT2D eigenvalue weighted by molar-refractivity contribution is 0.0689. The molecule has 2 N–H and O–H groups in total. The van der Waals surface area contributed by atoms with Gasteiger partial charge < -0.3 is 10.4 Å². The van der Waals surface area contributed by atoms with Crippen LogP contribution in [-0.4, -0.2) is 23.0 Å². The van der Waals surface area contributed by atoms with E-state index in [1.54, 1.807) is 0 Å². The Hall–Kier alpha value is -1.98. The summed E-state index contributed by atoms with van der Waals surface area (Å²) in [6, 6.07) is 1.06. The Morgan fingerprint density at radius 1 is 1.24 bits per heavy atom. The summed E-state index contributed by atoms with van der Waals surface area (Å²) in [7, 11) is 0. The average Bonchev–Trinajstić information content (AvgIpc) is 2.71. The van der Waals surface area contributed by atoms with Crippen molar-refractivity contribution in [2.45, 2.75) is 39.2 Å². The molecule has 0 aliphatic heterocycles. The second kappa shape index (κ2) is 5.42. The summed E-state index contributed by atoms with van der Waals surface area (Å²) < 4.78 is 26.4. The van der Waals surface area contributed by atoms with Crippen molar-refractivity contribution in [3.63, 3.8) is 0 Å². The fraction of sp³-hybridized carbons (Fsp3) is 0.467. The molecule has 21 heavy (non-hydrogen) atoms. The number of benzene rings is 1. The molecule has 1 atom stereocenters. The van der Waals surface area contributed by atoms with Gasteiger partial charge in [0.1, 0.15) is 0 Å². The van der Waals surface area contributed by atoms with E-state index in [2.05, 4.69) is 5.32 Å². The fourth-order valence-electron chi connectivity index (χ4n) is 2.74. The summed E-state index contributed by atoms with van der Waals surface area (Å²) in [4.78, 5) is 23.3. The maximum Gasteiger partial charge on any atom is 0.336 e. The fourth-order valence-corrected chi connectivity index (χ4v) is 2.74. The third kappa shape index (κ3) is 3.04. The normalized spacial score (nSPS) is 20.3. The Balaban J connectivity index is 2.31. The predicted molar refractivity (Wildman–Crippen MR) is 72.2 cm³/mol. The molecule has 1 aliphatic rings. The van der Waals surface area contributed by atoms with Crippen molar-refractivity contribution in [3.8, 4) is 0 Å². The van der Waals surface area contributed by atoms with E-state index in [9.17, 15) is 18.4 Å². The summed E-state index contributed by atoms with van der Waals surface area (Å²) in [5.74, 6) is -4.68. The van der Waals surface area contributed by atoms with E-state index in [0.29, 0.717) is 12.1 Å². The molecule has 1 aromatic rings. The molecule has 4 nitrogen and oxygen atoms in total. The smallest absolute Gasteiger partial charge is 0.336 e. The molecule has 1 unspecified atom stereocenters. The van der Waals surface area contributed by atoms with Crippen molar-refractivity contribution < 1.29 is 23.5 Å². The Labute approximate surface area is 121 Å². The highest BCUT2D eigenvalue weighted by Gasteiger charge is 2.36. The van der Waals surface area contributed by atoms with Crippen LogP contribution in [0.15, 0.2) is 12.1 Å². The van der Waals surface area contributed by atoms with Crippen LogP contribution in [0, 0.1) is 17.0 Å². The van der Waals surface area contributed by atoms with E-state index in [1.165, 1.54) is 0 Å². The number of hydrogen-bond acceptors (Lipinski definition) is 2. The first-order chi connectivity index (χ1) is 9.72. The van der Waals surface area contributed by atoms with Gasteiger partial charge in [-0.3, -0.25) is 4.79 Å². The quantitative estimate of drug-likeness (QED) is 0.901. The minimum Gasteiger partial charge on any atom is -0.478 e. The highest BCUT2D eigenvalue weighted by atomic mass is 19.2. The van der Waals surface area contributed by atoms with Gasteiger partial charge in [-0.15, -0.1) is 0 Å². The maximum absolute atomic E-state index is 13.3. The minimum atomic E-state index is -1.47. The van der Waals surface area contributed by atoms with Crippen molar-refractivity contribution in [3.05, 3.63) is 34.9 Å². The number of aromatic carboxylic acids is 1. The number of halogens is 2. The Morgan fingerprint density at radius 2 is 1.81 bits per heavy atom. The van der Waals surface area contributed by atoms with Gasteiger partial charge in [0.15, 0.2) is 11.6 Å². The Bertz CT molecular complexity index is 599. The molecule has 0 saturated heterocycles. The topological polar surface area (TPSA) is 66.4 Å². The number of carboxylic acid groups (broad SMARTS) is 1. The molecule has 1 saturated carbocycles. The van der Waals surface area contributed by atoms with E-state index < -0.39 is 29.1 Å². The summed E-state index contributed by atoms with van der Waals surface area (Å²) in [5.41, 5.74) is -0.997. The molecule has 2 rings (SSSR count). The van der Waals surface area contributed by atoms with Crippen LogP contribution in [0.1, 0.15) is 53.8 Å². The van der Waals surface area contributed by atoms with Gasteiger partial charge in [-0.2, -0.15) is 0 Å². The second-order valence-corrected chi connectivity index (χ2v) is 6.02. The molecule has 1 fully saturated rings. The zero-order valence-corrected chi connectivity index (χ0v) is 11.9. The molecule has 1 aromatic carbocycles. The molecule has 0 bridgehead atoms. The van der Waals surface area contributed by atoms with Crippen LogP contribution in [0.4, 0.5) is 8.78 Å². The Morgan fingerprint density at radius 3 is 2.29 bits per heavy atom. The number of rotatable bonds is 3. The SMILES string of the molecule is CC1(C)CCCC1NC(=O)c1cc(F)c(F)cc1C(=O)O. The maximum atomic E-state index is 13.3. The lowest BCUT2D eigenvalue weighted by Gasteiger charge is -2.28. The van der Waals surface area contributed by atoms with Gasteiger partial charge in [-0.1, -0.05) is 20.3 Å². The first-order valence-corrected chi connectivity index (χ1v) is 6.75. The van der Waals surface area contributed by atoms with E-state index in [-0.39, 0.29) is 17.0 Å². The van der Waals surface area contributed by atoms with E-state index >= 15 is 0 Å². The molecule has 0 spiro atoms. The molecule has 0 radical (unpaired) electrons. The molecule has 0 heterocycles. The molecular formula is C15H17F2NO3. The zero-order valence-electron chi connectivity index (χ0n) is 11.9. The standard InChI is InChI=1S/C15H17F2NO3/c1-15(2)5-3-4-12(15)18-13(19)8-6-10(16)11(17)7-9(8)14(20)21/h6-7,12H,3-5H2,1-2H3,(H,18,19)(H,20,21). The van der Waals surface area contributed by atoms with Crippen molar-refractivity contribution >= 4 is 11.9 Å². The number of carbonyl (C=O) groups is 2. The van der Waals surface area contributed by atoms with Gasteiger partial charge in [-0.25, -0.2) is 13.6 Å². The van der Waals surface area contributed by atoms with Crippen LogP contribution in [0.25, 0.3) is 0 Å². The first kappa shape index (κ1) is 15.4. The van der Waals surface area contributed by atoms with Crippen LogP contribution >= 0.6 is 0 Å².